The van der Waals surface area contributed by atoms with E-state index < -0.39 is 31.0 Å². The van der Waals surface area contributed by atoms with Crippen LogP contribution in [-0.4, -0.2) is 71.8 Å². The quantitative estimate of drug-likeness (QED) is 0.502. The van der Waals surface area contributed by atoms with Gasteiger partial charge in [-0.1, -0.05) is 37.3 Å². The van der Waals surface area contributed by atoms with E-state index >= 15 is 0 Å². The molecular weight excluding hydrogens is 499 g/mol. The molecule has 0 radical (unpaired) electrons. The average Bonchev–Trinajstić information content (AvgIpc) is 2.90. The Morgan fingerprint density at radius 1 is 1.24 bits per heavy atom. The summed E-state index contributed by atoms with van der Waals surface area (Å²) in [7, 11) is 2.00. The number of hydrogen-bond donors (Lipinski definition) is 2. The van der Waals surface area contributed by atoms with Gasteiger partial charge in [0.05, 0.1) is 25.5 Å². The van der Waals surface area contributed by atoms with E-state index in [2.05, 4.69) is 10.2 Å². The minimum absolute atomic E-state index is 0.0365. The number of nitrogens with zero attached hydrogens (tertiary/aromatic N) is 2. The molecule has 3 atom stereocenters. The number of nitrogens with one attached hydrogen (secondary N) is 1. The molecule has 2 amide bonds. The molecule has 0 fully saturated rings. The number of aliphatic hydroxyl groups is 1. The van der Waals surface area contributed by atoms with Gasteiger partial charge in [-0.2, -0.15) is 13.2 Å². The summed E-state index contributed by atoms with van der Waals surface area (Å²) in [6.07, 6.45) is -6.66. The molecule has 1 aliphatic rings. The summed E-state index contributed by atoms with van der Waals surface area (Å²) >= 11 is 0. The largest absolute Gasteiger partial charge is 0.488 e. The van der Waals surface area contributed by atoms with Gasteiger partial charge in [-0.05, 0) is 37.7 Å². The van der Waals surface area contributed by atoms with Crippen LogP contribution in [0.2, 0.25) is 0 Å². The lowest BCUT2D eigenvalue weighted by Gasteiger charge is -2.34. The number of anilines is 1. The number of rotatable bonds is 9. The number of aliphatic hydroxyl groups excluding tert-OH is 1. The summed E-state index contributed by atoms with van der Waals surface area (Å²) in [4.78, 5) is 29.1. The van der Waals surface area contributed by atoms with Gasteiger partial charge in [0.15, 0.2) is 0 Å². The maximum atomic E-state index is 13.3. The molecular formula is C28H36F3N3O4. The highest BCUT2D eigenvalue weighted by molar-refractivity contribution is 5.91. The van der Waals surface area contributed by atoms with Gasteiger partial charge in [0, 0.05) is 43.2 Å². The van der Waals surface area contributed by atoms with Gasteiger partial charge in [0.25, 0.3) is 0 Å². The van der Waals surface area contributed by atoms with Gasteiger partial charge >= 0.3 is 6.18 Å². The van der Waals surface area contributed by atoms with E-state index in [1.54, 1.807) is 30.0 Å². The van der Waals surface area contributed by atoms with Gasteiger partial charge in [-0.3, -0.25) is 14.5 Å². The van der Waals surface area contributed by atoms with Crippen LogP contribution < -0.4 is 10.1 Å². The SMILES string of the molecule is C[C@@H]1CN([C@@H](C)CO)C(=O)Cc2cc(NC(=O)CCC(F)(F)F)ccc2O[C@H]1CN(C)Cc1ccccc1. The molecule has 0 spiro atoms. The molecule has 1 heterocycles. The molecule has 2 N–H and O–H groups in total. The average molecular weight is 536 g/mol. The Morgan fingerprint density at radius 2 is 1.95 bits per heavy atom. The van der Waals surface area contributed by atoms with Crippen molar-refractivity contribution >= 4 is 17.5 Å². The second kappa shape index (κ2) is 13.1. The van der Waals surface area contributed by atoms with Crippen LogP contribution in [0.3, 0.4) is 0 Å². The fourth-order valence-electron chi connectivity index (χ4n) is 4.47. The monoisotopic (exact) mass is 535 g/mol. The Morgan fingerprint density at radius 3 is 2.61 bits per heavy atom. The molecule has 0 saturated carbocycles. The maximum absolute atomic E-state index is 13.3. The number of benzene rings is 2. The molecule has 0 unspecified atom stereocenters. The molecule has 2 aromatic carbocycles. The van der Waals surface area contributed by atoms with Crippen molar-refractivity contribution in [1.29, 1.82) is 0 Å². The summed E-state index contributed by atoms with van der Waals surface area (Å²) < 4.78 is 43.9. The summed E-state index contributed by atoms with van der Waals surface area (Å²) in [5, 5.41) is 12.3. The van der Waals surface area contributed by atoms with Crippen LogP contribution in [0.25, 0.3) is 0 Å². The lowest BCUT2D eigenvalue weighted by Crippen LogP contribution is -2.47. The van der Waals surface area contributed by atoms with Crippen molar-refractivity contribution in [2.24, 2.45) is 5.92 Å². The number of fused-ring (bicyclic) bond motifs is 1. The molecule has 0 saturated heterocycles. The van der Waals surface area contributed by atoms with E-state index in [1.807, 2.05) is 44.3 Å². The first-order chi connectivity index (χ1) is 17.9. The Bertz CT molecular complexity index is 1080. The number of hydrogen-bond acceptors (Lipinski definition) is 5. The van der Waals surface area contributed by atoms with E-state index in [4.69, 9.17) is 4.74 Å². The van der Waals surface area contributed by atoms with Crippen molar-refractivity contribution < 1.29 is 32.6 Å². The van der Waals surface area contributed by atoms with Crippen LogP contribution in [-0.2, 0) is 22.6 Å². The Balaban J connectivity index is 1.84. The Hall–Kier alpha value is -3.11. The molecule has 3 rings (SSSR count). The molecule has 0 bridgehead atoms. The predicted octanol–water partition coefficient (Wildman–Crippen LogP) is 4.25. The van der Waals surface area contributed by atoms with Crippen LogP contribution in [0, 0.1) is 5.92 Å². The second-order valence-electron chi connectivity index (χ2n) is 10.1. The molecule has 10 heteroatoms. The molecule has 7 nitrogen and oxygen atoms in total. The van der Waals surface area contributed by atoms with Gasteiger partial charge in [0.2, 0.25) is 11.8 Å². The fraction of sp³-hybridized carbons (Fsp3) is 0.500. The van der Waals surface area contributed by atoms with Crippen LogP contribution in [0.15, 0.2) is 48.5 Å². The van der Waals surface area contributed by atoms with Crippen LogP contribution in [0.1, 0.15) is 37.8 Å². The van der Waals surface area contributed by atoms with Crippen molar-refractivity contribution in [2.75, 3.05) is 32.1 Å². The van der Waals surface area contributed by atoms with Gasteiger partial charge in [-0.15, -0.1) is 0 Å². The van der Waals surface area contributed by atoms with Crippen LogP contribution in [0.4, 0.5) is 18.9 Å². The van der Waals surface area contributed by atoms with Gasteiger partial charge in [-0.25, -0.2) is 0 Å². The smallest absolute Gasteiger partial charge is 0.389 e. The van der Waals surface area contributed by atoms with Crippen molar-refractivity contribution in [3.05, 3.63) is 59.7 Å². The minimum atomic E-state index is -4.42. The topological polar surface area (TPSA) is 82.1 Å². The highest BCUT2D eigenvalue weighted by Gasteiger charge is 2.31. The van der Waals surface area contributed by atoms with E-state index in [9.17, 15) is 27.9 Å². The lowest BCUT2D eigenvalue weighted by molar-refractivity contribution is -0.142. The normalized spacial score (nSPS) is 19.2. The van der Waals surface area contributed by atoms with Crippen LogP contribution >= 0.6 is 0 Å². The standard InChI is InChI=1S/C28H36F3N3O4/c1-19-15-34(20(2)18-35)27(37)14-22-13-23(32-26(36)11-12-28(29,30)31)9-10-24(22)38-25(19)17-33(3)16-21-7-5-4-6-8-21/h4-10,13,19-20,25,35H,11-12,14-18H2,1-3H3,(H,32,36)/t19-,20+,25+/m1/s1. The first-order valence-corrected chi connectivity index (χ1v) is 12.7. The number of carbonyl (C=O) groups is 2. The van der Waals surface area contributed by atoms with Crippen LogP contribution in [0.5, 0.6) is 5.75 Å². The van der Waals surface area contributed by atoms with E-state index in [-0.39, 0.29) is 31.0 Å². The van der Waals surface area contributed by atoms with E-state index in [0.29, 0.717) is 36.6 Å². The number of halogens is 3. The zero-order valence-electron chi connectivity index (χ0n) is 22.0. The number of alkyl halides is 3. The Kier molecular flexibility index (Phi) is 10.2. The third-order valence-electron chi connectivity index (χ3n) is 6.62. The zero-order valence-corrected chi connectivity index (χ0v) is 22.0. The summed E-state index contributed by atoms with van der Waals surface area (Å²) in [6.45, 7) is 5.25. The molecule has 0 aliphatic carbocycles. The first-order valence-electron chi connectivity index (χ1n) is 12.7. The minimum Gasteiger partial charge on any atom is -0.488 e. The molecule has 0 aromatic heterocycles. The predicted molar refractivity (Wildman–Crippen MR) is 139 cm³/mol. The fourth-order valence-corrected chi connectivity index (χ4v) is 4.47. The summed E-state index contributed by atoms with van der Waals surface area (Å²) in [5.41, 5.74) is 1.96. The van der Waals surface area contributed by atoms with Crippen molar-refractivity contribution in [2.45, 2.75) is 58.0 Å². The number of amides is 2. The summed E-state index contributed by atoms with van der Waals surface area (Å²) in [5.74, 6) is -0.557. The van der Waals surface area contributed by atoms with Crippen molar-refractivity contribution in [1.82, 2.24) is 9.80 Å². The lowest BCUT2D eigenvalue weighted by atomic mass is 10.0. The Labute approximate surface area is 221 Å². The second-order valence-corrected chi connectivity index (χ2v) is 10.1. The number of likely N-dealkylation sites (N-methyl/N-ethyl adjacent to an activating group) is 1. The van der Waals surface area contributed by atoms with Gasteiger partial charge < -0.3 is 20.1 Å². The first kappa shape index (κ1) is 29.4. The highest BCUT2D eigenvalue weighted by Crippen LogP contribution is 2.30. The zero-order chi connectivity index (χ0) is 27.9. The molecule has 208 valence electrons. The molecule has 2 aromatic rings. The van der Waals surface area contributed by atoms with E-state index in [0.717, 1.165) is 5.56 Å². The third kappa shape index (κ3) is 8.73. The number of ether oxygens (including phenoxy) is 1. The summed E-state index contributed by atoms with van der Waals surface area (Å²) in [6, 6.07) is 14.4. The molecule has 1 aliphatic heterocycles. The van der Waals surface area contributed by atoms with Crippen molar-refractivity contribution in [3.8, 4) is 5.75 Å². The van der Waals surface area contributed by atoms with Gasteiger partial charge in [0.1, 0.15) is 11.9 Å². The number of carbonyl (C=O) groups excluding carboxylic acids is 2. The maximum Gasteiger partial charge on any atom is 0.389 e. The highest BCUT2D eigenvalue weighted by atomic mass is 19.4. The molecule has 38 heavy (non-hydrogen) atoms. The third-order valence-corrected chi connectivity index (χ3v) is 6.62. The van der Waals surface area contributed by atoms with Crippen molar-refractivity contribution in [3.63, 3.8) is 0 Å². The van der Waals surface area contributed by atoms with E-state index in [1.165, 1.54) is 0 Å².